The van der Waals surface area contributed by atoms with Gasteiger partial charge in [0.05, 0.1) is 6.07 Å². The molecule has 2 aromatic rings. The van der Waals surface area contributed by atoms with Crippen molar-refractivity contribution in [3.05, 3.63) is 60.2 Å². The van der Waals surface area contributed by atoms with Crippen LogP contribution in [0.25, 0.3) is 0 Å². The van der Waals surface area contributed by atoms with Gasteiger partial charge >= 0.3 is 0 Å². The molecule has 2 aromatic carbocycles. The van der Waals surface area contributed by atoms with Crippen LogP contribution in [0.5, 0.6) is 0 Å². The van der Waals surface area contributed by atoms with Crippen LogP contribution in [0, 0.1) is 11.3 Å². The number of nitrogens with zero attached hydrogens (tertiary/aromatic N) is 1. The summed E-state index contributed by atoms with van der Waals surface area (Å²) < 4.78 is 0. The molecule has 0 aliphatic rings. The molecule has 0 N–H and O–H groups in total. The zero-order chi connectivity index (χ0) is 15.7. The fourth-order valence-electron chi connectivity index (χ4n) is 1.75. The molecule has 3 heteroatoms. The maximum absolute atomic E-state index is 11.3. The van der Waals surface area contributed by atoms with Crippen molar-refractivity contribution < 1.29 is 4.79 Å². The Morgan fingerprint density at radius 3 is 2.00 bits per heavy atom. The van der Waals surface area contributed by atoms with Gasteiger partial charge in [-0.1, -0.05) is 55.9 Å². The van der Waals surface area contributed by atoms with Crippen LogP contribution < -0.4 is 0 Å². The second kappa shape index (κ2) is 8.99. The Balaban J connectivity index is 0.00000106. The van der Waals surface area contributed by atoms with E-state index in [0.29, 0.717) is 0 Å². The first-order valence-electron chi connectivity index (χ1n) is 6.93. The van der Waals surface area contributed by atoms with E-state index in [1.165, 1.54) is 11.8 Å². The number of hydrogen-bond donors (Lipinski definition) is 0. The molecule has 1 unspecified atom stereocenters. The molecule has 2 rings (SSSR count). The van der Waals surface area contributed by atoms with E-state index >= 15 is 0 Å². The molecule has 2 nitrogen and oxygen atoms in total. The lowest BCUT2D eigenvalue weighted by atomic mass is 9.97. The summed E-state index contributed by atoms with van der Waals surface area (Å²) >= 11 is 1.66. The number of Topliss-reactive ketones (excluding diaryl/α,β-unsaturated/α-hetero) is 1. The van der Waals surface area contributed by atoms with Gasteiger partial charge in [0.25, 0.3) is 0 Å². The Morgan fingerprint density at radius 1 is 1.00 bits per heavy atom. The van der Waals surface area contributed by atoms with Crippen molar-refractivity contribution in [2.75, 3.05) is 0 Å². The summed E-state index contributed by atoms with van der Waals surface area (Å²) in [5.74, 6) is -0.776. The fourth-order valence-corrected chi connectivity index (χ4v) is 2.59. The van der Waals surface area contributed by atoms with Crippen LogP contribution >= 0.6 is 11.8 Å². The third-order valence-corrected chi connectivity index (χ3v) is 3.74. The van der Waals surface area contributed by atoms with Crippen molar-refractivity contribution in [2.24, 2.45) is 0 Å². The molecule has 0 aliphatic heterocycles. The predicted molar refractivity (Wildman–Crippen MR) is 87.4 cm³/mol. The Hall–Kier alpha value is -2.05. The Labute approximate surface area is 130 Å². The topological polar surface area (TPSA) is 40.9 Å². The lowest BCUT2D eigenvalue weighted by Gasteiger charge is -2.07. The van der Waals surface area contributed by atoms with Gasteiger partial charge in [0.1, 0.15) is 5.92 Å². The van der Waals surface area contributed by atoms with Crippen molar-refractivity contribution in [1.29, 1.82) is 5.26 Å². The molecule has 108 valence electrons. The molecule has 0 amide bonds. The predicted octanol–water partition coefficient (Wildman–Crippen LogP) is 5.06. The molecule has 0 spiro atoms. The Kier molecular flexibility index (Phi) is 7.28. The first-order valence-corrected chi connectivity index (χ1v) is 7.75. The van der Waals surface area contributed by atoms with E-state index in [1.807, 2.05) is 74.5 Å². The maximum Gasteiger partial charge on any atom is 0.151 e. The van der Waals surface area contributed by atoms with Gasteiger partial charge in [-0.2, -0.15) is 5.26 Å². The van der Waals surface area contributed by atoms with Crippen molar-refractivity contribution in [1.82, 2.24) is 0 Å². The summed E-state index contributed by atoms with van der Waals surface area (Å²) in [4.78, 5) is 13.6. The molecule has 0 saturated heterocycles. The third kappa shape index (κ3) is 5.09. The van der Waals surface area contributed by atoms with Gasteiger partial charge < -0.3 is 0 Å². The van der Waals surface area contributed by atoms with Crippen LogP contribution in [0.3, 0.4) is 0 Å². The summed E-state index contributed by atoms with van der Waals surface area (Å²) in [6, 6.07) is 19.7. The molecular weight excluding hydrogens is 278 g/mol. The quantitative estimate of drug-likeness (QED) is 0.792. The number of benzene rings is 2. The first-order chi connectivity index (χ1) is 10.2. The highest BCUT2D eigenvalue weighted by Crippen LogP contribution is 2.28. The van der Waals surface area contributed by atoms with E-state index in [2.05, 4.69) is 0 Å². The average molecular weight is 297 g/mol. The summed E-state index contributed by atoms with van der Waals surface area (Å²) in [5.41, 5.74) is 0.757. The van der Waals surface area contributed by atoms with Gasteiger partial charge in [0.15, 0.2) is 5.78 Å². The molecule has 0 heterocycles. The number of hydrogen-bond acceptors (Lipinski definition) is 3. The first kappa shape index (κ1) is 17.0. The van der Waals surface area contributed by atoms with Gasteiger partial charge in [-0.3, -0.25) is 4.79 Å². The van der Waals surface area contributed by atoms with Crippen LogP contribution in [0.15, 0.2) is 64.4 Å². The average Bonchev–Trinajstić information content (AvgIpc) is 2.52. The van der Waals surface area contributed by atoms with Crippen LogP contribution in [0.2, 0.25) is 0 Å². The number of ketones is 1. The highest BCUT2D eigenvalue weighted by molar-refractivity contribution is 7.99. The van der Waals surface area contributed by atoms with Crippen molar-refractivity contribution in [3.8, 4) is 6.07 Å². The lowest BCUT2D eigenvalue weighted by Crippen LogP contribution is -2.05. The number of carbonyl (C=O) groups is 1. The lowest BCUT2D eigenvalue weighted by molar-refractivity contribution is -0.117. The van der Waals surface area contributed by atoms with Crippen LogP contribution in [0.4, 0.5) is 0 Å². The molecule has 0 saturated carbocycles. The minimum atomic E-state index is -0.657. The SMILES string of the molecule is CC.CC(=O)C(C#N)c1ccc(Sc2ccccc2)cc1. The van der Waals surface area contributed by atoms with E-state index in [1.54, 1.807) is 11.8 Å². The second-order valence-corrected chi connectivity index (χ2v) is 5.30. The molecule has 21 heavy (non-hydrogen) atoms. The molecule has 0 aromatic heterocycles. The molecule has 0 bridgehead atoms. The molecular formula is C18H19NOS. The minimum Gasteiger partial charge on any atom is -0.298 e. The van der Waals surface area contributed by atoms with Crippen LogP contribution in [-0.2, 0) is 4.79 Å². The van der Waals surface area contributed by atoms with Gasteiger partial charge in [0.2, 0.25) is 0 Å². The van der Waals surface area contributed by atoms with Crippen LogP contribution in [-0.4, -0.2) is 5.78 Å². The Bertz CT molecular complexity index is 599. The van der Waals surface area contributed by atoms with E-state index in [0.717, 1.165) is 10.5 Å². The molecule has 1 atom stereocenters. The van der Waals surface area contributed by atoms with Crippen molar-refractivity contribution in [2.45, 2.75) is 36.5 Å². The molecule has 0 aliphatic carbocycles. The van der Waals surface area contributed by atoms with E-state index in [9.17, 15) is 4.79 Å². The number of carbonyl (C=O) groups excluding carboxylic acids is 1. The standard InChI is InChI=1S/C16H13NOS.C2H6/c1-12(18)16(11-17)13-7-9-15(10-8-13)19-14-5-3-2-4-6-14;1-2/h2-10,16H,1H3;1-2H3. The summed E-state index contributed by atoms with van der Waals surface area (Å²) in [5, 5.41) is 8.98. The zero-order valence-electron chi connectivity index (χ0n) is 12.5. The smallest absolute Gasteiger partial charge is 0.151 e. The summed E-state index contributed by atoms with van der Waals surface area (Å²) in [6.07, 6.45) is 0. The highest BCUT2D eigenvalue weighted by atomic mass is 32.2. The third-order valence-electron chi connectivity index (χ3n) is 2.73. The normalized spacial score (nSPS) is 10.8. The molecule has 0 fully saturated rings. The fraction of sp³-hybridized carbons (Fsp3) is 0.222. The number of rotatable bonds is 4. The molecule has 0 radical (unpaired) electrons. The second-order valence-electron chi connectivity index (χ2n) is 4.16. The van der Waals surface area contributed by atoms with Crippen molar-refractivity contribution >= 4 is 17.5 Å². The number of nitriles is 1. The van der Waals surface area contributed by atoms with Crippen molar-refractivity contribution in [3.63, 3.8) is 0 Å². The van der Waals surface area contributed by atoms with Gasteiger partial charge in [-0.25, -0.2) is 0 Å². The highest BCUT2D eigenvalue weighted by Gasteiger charge is 2.15. The summed E-state index contributed by atoms with van der Waals surface area (Å²) in [6.45, 7) is 5.44. The van der Waals surface area contributed by atoms with E-state index < -0.39 is 5.92 Å². The largest absolute Gasteiger partial charge is 0.298 e. The zero-order valence-corrected chi connectivity index (χ0v) is 13.4. The van der Waals surface area contributed by atoms with E-state index in [-0.39, 0.29) is 5.78 Å². The van der Waals surface area contributed by atoms with Gasteiger partial charge in [-0.15, -0.1) is 0 Å². The van der Waals surface area contributed by atoms with E-state index in [4.69, 9.17) is 5.26 Å². The van der Waals surface area contributed by atoms with Gasteiger partial charge in [0, 0.05) is 9.79 Å². The summed E-state index contributed by atoms with van der Waals surface area (Å²) in [7, 11) is 0. The monoisotopic (exact) mass is 297 g/mol. The van der Waals surface area contributed by atoms with Gasteiger partial charge in [-0.05, 0) is 36.8 Å². The maximum atomic E-state index is 11.3. The Morgan fingerprint density at radius 2 is 1.52 bits per heavy atom. The van der Waals surface area contributed by atoms with Crippen LogP contribution in [0.1, 0.15) is 32.3 Å². The minimum absolute atomic E-state index is 0.119.